The van der Waals surface area contributed by atoms with Gasteiger partial charge in [0.05, 0.1) is 0 Å². The highest BCUT2D eigenvalue weighted by Crippen LogP contribution is 2.33. The Morgan fingerprint density at radius 1 is 1.44 bits per heavy atom. The second kappa shape index (κ2) is 5.64. The third-order valence-corrected chi connectivity index (χ3v) is 3.51. The highest BCUT2D eigenvalue weighted by molar-refractivity contribution is 7.98. The Kier molecular flexibility index (Phi) is 4.74. The van der Waals surface area contributed by atoms with Crippen LogP contribution in [0.1, 0.15) is 29.9 Å². The van der Waals surface area contributed by atoms with Crippen LogP contribution in [0.3, 0.4) is 0 Å². The van der Waals surface area contributed by atoms with Crippen molar-refractivity contribution in [1.82, 2.24) is 0 Å². The summed E-state index contributed by atoms with van der Waals surface area (Å²) in [5.74, 6) is -0.251. The maximum absolute atomic E-state index is 12.7. The molecule has 5 heteroatoms. The first-order chi connectivity index (χ1) is 7.47. The standard InChI is InChI=1S/C11H11ClF2OS/c1-6(15)10(12)7-3-4-9(16-2)8(5-7)11(13)14/h3-5,10-11H,1-2H3. The van der Waals surface area contributed by atoms with E-state index in [0.29, 0.717) is 10.5 Å². The number of rotatable bonds is 4. The Morgan fingerprint density at radius 2 is 2.06 bits per heavy atom. The second-order valence-corrected chi connectivity index (χ2v) is 4.56. The summed E-state index contributed by atoms with van der Waals surface area (Å²) in [5, 5.41) is -0.853. The monoisotopic (exact) mass is 264 g/mol. The van der Waals surface area contributed by atoms with Crippen molar-refractivity contribution in [3.05, 3.63) is 29.3 Å². The molecule has 0 radical (unpaired) electrons. The van der Waals surface area contributed by atoms with Gasteiger partial charge < -0.3 is 0 Å². The molecule has 1 rings (SSSR count). The molecular weight excluding hydrogens is 254 g/mol. The van der Waals surface area contributed by atoms with Crippen molar-refractivity contribution >= 4 is 29.1 Å². The lowest BCUT2D eigenvalue weighted by Crippen LogP contribution is -2.02. The molecule has 88 valence electrons. The van der Waals surface area contributed by atoms with E-state index in [0.717, 1.165) is 0 Å². The van der Waals surface area contributed by atoms with E-state index < -0.39 is 11.8 Å². The van der Waals surface area contributed by atoms with Crippen LogP contribution in [0.25, 0.3) is 0 Å². The van der Waals surface area contributed by atoms with E-state index in [4.69, 9.17) is 11.6 Å². The van der Waals surface area contributed by atoms with Gasteiger partial charge in [-0.25, -0.2) is 8.78 Å². The van der Waals surface area contributed by atoms with Gasteiger partial charge in [0.15, 0.2) is 5.78 Å². The number of carbonyl (C=O) groups is 1. The Labute approximate surface area is 102 Å². The van der Waals surface area contributed by atoms with E-state index in [1.165, 1.54) is 24.8 Å². The number of benzene rings is 1. The SMILES string of the molecule is CSc1ccc(C(Cl)C(C)=O)cc1C(F)F. The van der Waals surface area contributed by atoms with Gasteiger partial charge in [0.2, 0.25) is 0 Å². The van der Waals surface area contributed by atoms with Gasteiger partial charge in [-0.2, -0.15) is 0 Å². The Hall–Kier alpha value is -0.610. The lowest BCUT2D eigenvalue weighted by Gasteiger charge is -2.11. The predicted molar refractivity (Wildman–Crippen MR) is 62.5 cm³/mol. The first kappa shape index (κ1) is 13.5. The van der Waals surface area contributed by atoms with Crippen LogP contribution < -0.4 is 0 Å². The summed E-state index contributed by atoms with van der Waals surface area (Å²) < 4.78 is 25.4. The second-order valence-electron chi connectivity index (χ2n) is 3.28. The molecule has 0 saturated heterocycles. The lowest BCUT2D eigenvalue weighted by atomic mass is 10.1. The fourth-order valence-electron chi connectivity index (χ4n) is 1.32. The molecule has 16 heavy (non-hydrogen) atoms. The van der Waals surface area contributed by atoms with E-state index in [1.54, 1.807) is 18.4 Å². The molecule has 0 aliphatic rings. The Bertz CT molecular complexity index is 396. The number of halogens is 3. The van der Waals surface area contributed by atoms with Crippen molar-refractivity contribution in [3.8, 4) is 0 Å². The summed E-state index contributed by atoms with van der Waals surface area (Å²) in [5.41, 5.74) is 0.346. The summed E-state index contributed by atoms with van der Waals surface area (Å²) in [7, 11) is 0. The van der Waals surface area contributed by atoms with Crippen molar-refractivity contribution in [3.63, 3.8) is 0 Å². The van der Waals surface area contributed by atoms with Crippen LogP contribution in [-0.2, 0) is 4.79 Å². The quantitative estimate of drug-likeness (QED) is 0.598. The summed E-state index contributed by atoms with van der Waals surface area (Å²) in [6.07, 6.45) is -0.831. The minimum Gasteiger partial charge on any atom is -0.298 e. The number of hydrogen-bond acceptors (Lipinski definition) is 2. The van der Waals surface area contributed by atoms with Gasteiger partial charge in [0.25, 0.3) is 6.43 Å². The number of carbonyl (C=O) groups excluding carboxylic acids is 1. The minimum atomic E-state index is -2.56. The molecule has 1 unspecified atom stereocenters. The molecule has 0 amide bonds. The molecule has 1 atom stereocenters. The normalized spacial score (nSPS) is 12.9. The molecule has 0 spiro atoms. The number of hydrogen-bond donors (Lipinski definition) is 0. The third-order valence-electron chi connectivity index (χ3n) is 2.14. The molecule has 1 aromatic carbocycles. The smallest absolute Gasteiger partial charge is 0.264 e. The summed E-state index contributed by atoms with van der Waals surface area (Å²) in [6.45, 7) is 1.34. The Morgan fingerprint density at radius 3 is 2.50 bits per heavy atom. The first-order valence-electron chi connectivity index (χ1n) is 4.58. The van der Waals surface area contributed by atoms with Gasteiger partial charge >= 0.3 is 0 Å². The van der Waals surface area contributed by atoms with Gasteiger partial charge in [-0.1, -0.05) is 6.07 Å². The maximum Gasteiger partial charge on any atom is 0.264 e. The average Bonchev–Trinajstić information content (AvgIpc) is 2.26. The average molecular weight is 265 g/mol. The minimum absolute atomic E-state index is 0.0723. The van der Waals surface area contributed by atoms with Crippen molar-refractivity contribution in [2.45, 2.75) is 23.6 Å². The van der Waals surface area contributed by atoms with Crippen LogP contribution in [0.2, 0.25) is 0 Å². The van der Waals surface area contributed by atoms with Gasteiger partial charge in [-0.3, -0.25) is 4.79 Å². The topological polar surface area (TPSA) is 17.1 Å². The number of thioether (sulfide) groups is 1. The van der Waals surface area contributed by atoms with E-state index in [2.05, 4.69) is 0 Å². The van der Waals surface area contributed by atoms with E-state index in [9.17, 15) is 13.6 Å². The molecule has 1 aromatic rings. The molecule has 0 aliphatic heterocycles. The number of Topliss-reactive ketones (excluding diaryl/α,β-unsaturated/α-hetero) is 1. The van der Waals surface area contributed by atoms with E-state index in [-0.39, 0.29) is 11.3 Å². The molecule has 0 heterocycles. The van der Waals surface area contributed by atoms with Crippen molar-refractivity contribution in [1.29, 1.82) is 0 Å². The van der Waals surface area contributed by atoms with Crippen molar-refractivity contribution < 1.29 is 13.6 Å². The fraction of sp³-hybridized carbons (Fsp3) is 0.364. The third kappa shape index (κ3) is 2.95. The van der Waals surface area contributed by atoms with Gasteiger partial charge in [-0.05, 0) is 30.9 Å². The number of alkyl halides is 3. The predicted octanol–water partition coefficient (Wildman–Crippen LogP) is 4.22. The highest BCUT2D eigenvalue weighted by Gasteiger charge is 2.18. The molecule has 0 saturated carbocycles. The molecule has 0 fully saturated rings. The Balaban J connectivity index is 3.16. The molecule has 0 N–H and O–H groups in total. The van der Waals surface area contributed by atoms with Crippen LogP contribution >= 0.6 is 23.4 Å². The maximum atomic E-state index is 12.7. The molecule has 1 nitrogen and oxygen atoms in total. The molecule has 0 aliphatic carbocycles. The zero-order chi connectivity index (χ0) is 12.3. The molecule has 0 bridgehead atoms. The van der Waals surface area contributed by atoms with Crippen LogP contribution in [0.15, 0.2) is 23.1 Å². The van der Waals surface area contributed by atoms with Crippen LogP contribution in [-0.4, -0.2) is 12.0 Å². The summed E-state index contributed by atoms with van der Waals surface area (Å²) >= 11 is 7.06. The van der Waals surface area contributed by atoms with Gasteiger partial charge in [0, 0.05) is 10.5 Å². The van der Waals surface area contributed by atoms with Crippen molar-refractivity contribution in [2.24, 2.45) is 0 Å². The van der Waals surface area contributed by atoms with E-state index in [1.807, 2.05) is 0 Å². The van der Waals surface area contributed by atoms with Crippen molar-refractivity contribution in [2.75, 3.05) is 6.26 Å². The van der Waals surface area contributed by atoms with Crippen LogP contribution in [0, 0.1) is 0 Å². The lowest BCUT2D eigenvalue weighted by molar-refractivity contribution is -0.116. The largest absolute Gasteiger partial charge is 0.298 e. The fourth-order valence-corrected chi connectivity index (χ4v) is 2.04. The van der Waals surface area contributed by atoms with Crippen LogP contribution in [0.5, 0.6) is 0 Å². The summed E-state index contributed by atoms with van der Waals surface area (Å²) in [4.78, 5) is 11.6. The van der Waals surface area contributed by atoms with Gasteiger partial charge in [0.1, 0.15) is 5.38 Å². The zero-order valence-electron chi connectivity index (χ0n) is 8.84. The molecular formula is C11H11ClF2OS. The first-order valence-corrected chi connectivity index (χ1v) is 6.24. The number of ketones is 1. The van der Waals surface area contributed by atoms with Gasteiger partial charge in [-0.15, -0.1) is 23.4 Å². The highest BCUT2D eigenvalue weighted by atomic mass is 35.5. The van der Waals surface area contributed by atoms with Crippen LogP contribution in [0.4, 0.5) is 8.78 Å². The zero-order valence-corrected chi connectivity index (χ0v) is 10.4. The molecule has 0 aromatic heterocycles. The summed E-state index contributed by atoms with van der Waals surface area (Å²) in [6, 6.07) is 4.48. The van der Waals surface area contributed by atoms with E-state index >= 15 is 0 Å².